The zero-order valence-electron chi connectivity index (χ0n) is 15.3. The van der Waals surface area contributed by atoms with Crippen LogP contribution in [0.5, 0.6) is 0 Å². The molecule has 1 fully saturated rings. The zero-order chi connectivity index (χ0) is 18.1. The van der Waals surface area contributed by atoms with Crippen molar-refractivity contribution in [1.29, 1.82) is 0 Å². The summed E-state index contributed by atoms with van der Waals surface area (Å²) in [4.78, 5) is 14.5. The Morgan fingerprint density at radius 3 is 2.58 bits per heavy atom. The van der Waals surface area contributed by atoms with E-state index in [9.17, 15) is 4.79 Å². The molecule has 1 aliphatic rings. The maximum Gasteiger partial charge on any atom is 0.223 e. The lowest BCUT2D eigenvalue weighted by atomic mass is 9.97. The Morgan fingerprint density at radius 1 is 1.08 bits per heavy atom. The number of hydrogen-bond acceptors (Lipinski definition) is 2. The van der Waals surface area contributed by atoms with E-state index in [1.165, 1.54) is 27.7 Å². The van der Waals surface area contributed by atoms with Gasteiger partial charge in [-0.3, -0.25) is 4.79 Å². The van der Waals surface area contributed by atoms with Crippen molar-refractivity contribution in [3.63, 3.8) is 0 Å². The van der Waals surface area contributed by atoms with Crippen molar-refractivity contribution in [2.75, 3.05) is 20.3 Å². The largest absolute Gasteiger partial charge is 0.383 e. The fourth-order valence-corrected chi connectivity index (χ4v) is 4.21. The van der Waals surface area contributed by atoms with Gasteiger partial charge in [-0.2, -0.15) is 0 Å². The summed E-state index contributed by atoms with van der Waals surface area (Å²) in [6.45, 7) is 1.20. The van der Waals surface area contributed by atoms with E-state index < -0.39 is 0 Å². The van der Waals surface area contributed by atoms with Crippen molar-refractivity contribution in [1.82, 2.24) is 9.47 Å². The lowest BCUT2D eigenvalue weighted by Gasteiger charge is -2.26. The summed E-state index contributed by atoms with van der Waals surface area (Å²) < 4.78 is 7.51. The minimum absolute atomic E-state index is 0.0963. The molecule has 4 heteroatoms. The van der Waals surface area contributed by atoms with Crippen molar-refractivity contribution in [3.05, 3.63) is 60.2 Å². The van der Waals surface area contributed by atoms with Gasteiger partial charge in [0.25, 0.3) is 0 Å². The van der Waals surface area contributed by atoms with Crippen LogP contribution in [-0.2, 0) is 16.6 Å². The van der Waals surface area contributed by atoms with Crippen molar-refractivity contribution in [2.24, 2.45) is 7.05 Å². The number of likely N-dealkylation sites (tertiary alicyclic amines) is 1. The highest BCUT2D eigenvalue weighted by Gasteiger charge is 2.35. The number of aryl methyl sites for hydroxylation is 1. The Kier molecular flexibility index (Phi) is 4.51. The normalized spacial score (nSPS) is 17.4. The molecule has 134 valence electrons. The molecule has 1 aromatic heterocycles. The smallest absolute Gasteiger partial charge is 0.223 e. The van der Waals surface area contributed by atoms with Gasteiger partial charge in [0, 0.05) is 43.6 Å². The Hall–Kier alpha value is -2.59. The first kappa shape index (κ1) is 16.9. The third-order valence-electron chi connectivity index (χ3n) is 5.39. The molecular weight excluding hydrogens is 324 g/mol. The second kappa shape index (κ2) is 6.96. The van der Waals surface area contributed by atoms with E-state index >= 15 is 0 Å². The van der Waals surface area contributed by atoms with E-state index in [0.717, 1.165) is 6.42 Å². The maximum absolute atomic E-state index is 12.5. The molecule has 1 aliphatic heterocycles. The SMILES string of the molecule is COCCN1C(=O)CC[C@H]1c1c(-c2ccccc2)n(C)c2ccccc12. The average Bonchev–Trinajstić information content (AvgIpc) is 3.18. The molecule has 1 saturated heterocycles. The summed E-state index contributed by atoms with van der Waals surface area (Å²) in [5, 5.41) is 1.23. The van der Waals surface area contributed by atoms with E-state index in [-0.39, 0.29) is 11.9 Å². The first-order valence-corrected chi connectivity index (χ1v) is 9.13. The van der Waals surface area contributed by atoms with Crippen molar-refractivity contribution in [3.8, 4) is 11.3 Å². The van der Waals surface area contributed by atoms with Crippen LogP contribution in [-0.4, -0.2) is 35.6 Å². The van der Waals surface area contributed by atoms with Gasteiger partial charge in [-0.1, -0.05) is 48.5 Å². The van der Waals surface area contributed by atoms with Crippen molar-refractivity contribution < 1.29 is 9.53 Å². The van der Waals surface area contributed by atoms with E-state index in [2.05, 4.69) is 60.1 Å². The van der Waals surface area contributed by atoms with E-state index in [4.69, 9.17) is 4.74 Å². The number of carbonyl (C=O) groups excluding carboxylic acids is 1. The highest BCUT2D eigenvalue weighted by Crippen LogP contribution is 2.43. The molecule has 26 heavy (non-hydrogen) atoms. The molecule has 0 spiro atoms. The number of aromatic nitrogens is 1. The molecule has 0 N–H and O–H groups in total. The second-order valence-electron chi connectivity index (χ2n) is 6.84. The number of rotatable bonds is 5. The van der Waals surface area contributed by atoms with Gasteiger partial charge in [0.1, 0.15) is 0 Å². The Balaban J connectivity index is 1.92. The highest BCUT2D eigenvalue weighted by atomic mass is 16.5. The van der Waals surface area contributed by atoms with Crippen LogP contribution >= 0.6 is 0 Å². The molecule has 0 bridgehead atoms. The molecule has 0 unspecified atom stereocenters. The van der Waals surface area contributed by atoms with Crippen LogP contribution in [0.15, 0.2) is 54.6 Å². The van der Waals surface area contributed by atoms with E-state index in [0.29, 0.717) is 19.6 Å². The van der Waals surface area contributed by atoms with Crippen LogP contribution in [0.2, 0.25) is 0 Å². The number of methoxy groups -OCH3 is 1. The molecule has 4 rings (SSSR count). The molecule has 4 nitrogen and oxygen atoms in total. The van der Waals surface area contributed by atoms with Crippen LogP contribution in [0.4, 0.5) is 0 Å². The third-order valence-corrected chi connectivity index (χ3v) is 5.39. The van der Waals surface area contributed by atoms with Gasteiger partial charge in [0.15, 0.2) is 0 Å². The number of para-hydroxylation sites is 1. The van der Waals surface area contributed by atoms with Gasteiger partial charge in [-0.25, -0.2) is 0 Å². The molecule has 1 atom stereocenters. The number of fused-ring (bicyclic) bond motifs is 1. The van der Waals surface area contributed by atoms with Crippen LogP contribution < -0.4 is 0 Å². The summed E-state index contributed by atoms with van der Waals surface area (Å²) in [5.74, 6) is 0.221. The number of amides is 1. The molecule has 2 aromatic carbocycles. The van der Waals surface area contributed by atoms with E-state index in [1.807, 2.05) is 11.0 Å². The van der Waals surface area contributed by atoms with Crippen LogP contribution in [0.3, 0.4) is 0 Å². The Morgan fingerprint density at radius 2 is 1.81 bits per heavy atom. The number of hydrogen-bond donors (Lipinski definition) is 0. The minimum atomic E-state index is 0.0963. The molecule has 0 aliphatic carbocycles. The first-order valence-electron chi connectivity index (χ1n) is 9.13. The van der Waals surface area contributed by atoms with Gasteiger partial charge in [-0.05, 0) is 18.1 Å². The van der Waals surface area contributed by atoms with E-state index in [1.54, 1.807) is 7.11 Å². The van der Waals surface area contributed by atoms with Gasteiger partial charge in [-0.15, -0.1) is 0 Å². The Bertz CT molecular complexity index is 930. The molecule has 0 saturated carbocycles. The average molecular weight is 348 g/mol. The maximum atomic E-state index is 12.5. The monoisotopic (exact) mass is 348 g/mol. The fraction of sp³-hybridized carbons (Fsp3) is 0.318. The van der Waals surface area contributed by atoms with Gasteiger partial charge in [0.05, 0.1) is 18.3 Å². The predicted molar refractivity (Wildman–Crippen MR) is 104 cm³/mol. The van der Waals surface area contributed by atoms with Crippen LogP contribution in [0, 0.1) is 0 Å². The number of ether oxygens (including phenoxy) is 1. The Labute approximate surface area is 154 Å². The minimum Gasteiger partial charge on any atom is -0.383 e. The summed E-state index contributed by atoms with van der Waals surface area (Å²) in [5.41, 5.74) is 4.85. The van der Waals surface area contributed by atoms with Crippen LogP contribution in [0.1, 0.15) is 24.4 Å². The molecule has 0 radical (unpaired) electrons. The predicted octanol–water partition coefficient (Wildman–Crippen LogP) is 4.16. The molecule has 3 aromatic rings. The molecule has 1 amide bonds. The lowest BCUT2D eigenvalue weighted by Crippen LogP contribution is -2.31. The van der Waals surface area contributed by atoms with Crippen LogP contribution in [0.25, 0.3) is 22.2 Å². The summed E-state index contributed by atoms with van der Waals surface area (Å²) >= 11 is 0. The summed E-state index contributed by atoms with van der Waals surface area (Å²) in [6.07, 6.45) is 1.46. The zero-order valence-corrected chi connectivity index (χ0v) is 15.3. The van der Waals surface area contributed by atoms with Gasteiger partial charge < -0.3 is 14.2 Å². The third kappa shape index (κ3) is 2.71. The fourth-order valence-electron chi connectivity index (χ4n) is 4.21. The van der Waals surface area contributed by atoms with Crippen molar-refractivity contribution in [2.45, 2.75) is 18.9 Å². The highest BCUT2D eigenvalue weighted by molar-refractivity contribution is 5.93. The number of benzene rings is 2. The van der Waals surface area contributed by atoms with Gasteiger partial charge in [0.2, 0.25) is 5.91 Å². The molecule has 2 heterocycles. The standard InChI is InChI=1S/C22H24N2O2/c1-23-18-11-7-6-10-17(18)21(22(23)16-8-4-3-5-9-16)19-12-13-20(25)24(19)14-15-26-2/h3-11,19H,12-15H2,1-2H3/t19-/m0/s1. The second-order valence-corrected chi connectivity index (χ2v) is 6.84. The topological polar surface area (TPSA) is 34.5 Å². The lowest BCUT2D eigenvalue weighted by molar-refractivity contribution is -0.129. The quantitative estimate of drug-likeness (QED) is 0.694. The van der Waals surface area contributed by atoms with Gasteiger partial charge >= 0.3 is 0 Å². The number of carbonyl (C=O) groups is 1. The summed E-state index contributed by atoms with van der Waals surface area (Å²) in [7, 11) is 3.80. The first-order chi connectivity index (χ1) is 12.7. The van der Waals surface area contributed by atoms with Crippen molar-refractivity contribution >= 4 is 16.8 Å². The molecular formula is C22H24N2O2. The number of nitrogens with zero attached hydrogens (tertiary/aromatic N) is 2. The summed E-state index contributed by atoms with van der Waals surface area (Å²) in [6, 6.07) is 19.0.